The lowest BCUT2D eigenvalue weighted by atomic mass is 10.1. The van der Waals surface area contributed by atoms with Gasteiger partial charge in [-0.1, -0.05) is 12.1 Å². The second-order valence-corrected chi connectivity index (χ2v) is 6.46. The molecule has 0 aliphatic carbocycles. The second kappa shape index (κ2) is 9.22. The van der Waals surface area contributed by atoms with E-state index in [4.69, 9.17) is 4.74 Å². The van der Waals surface area contributed by atoms with Crippen LogP contribution in [-0.2, 0) is 16.0 Å². The largest absolute Gasteiger partial charge is 0.450 e. The molecule has 0 bridgehead atoms. The molecule has 1 saturated heterocycles. The first-order valence-corrected chi connectivity index (χ1v) is 8.92. The molecule has 1 aliphatic heterocycles. The Morgan fingerprint density at radius 1 is 1.00 bits per heavy atom. The van der Waals surface area contributed by atoms with Crippen molar-refractivity contribution >= 4 is 17.9 Å². The van der Waals surface area contributed by atoms with Crippen LogP contribution in [0.3, 0.4) is 0 Å². The first kappa shape index (κ1) is 19.8. The molecule has 1 heterocycles. The third kappa shape index (κ3) is 5.21. The Morgan fingerprint density at radius 2 is 1.58 bits per heavy atom. The summed E-state index contributed by atoms with van der Waals surface area (Å²) in [7, 11) is 3.44. The van der Waals surface area contributed by atoms with Gasteiger partial charge in [0.25, 0.3) is 5.91 Å². The van der Waals surface area contributed by atoms with Crippen molar-refractivity contribution in [3.05, 3.63) is 35.4 Å². The van der Waals surface area contributed by atoms with Crippen molar-refractivity contribution < 1.29 is 19.1 Å². The maximum absolute atomic E-state index is 12.4. The minimum absolute atomic E-state index is 0.0351. The molecule has 1 fully saturated rings. The van der Waals surface area contributed by atoms with E-state index in [1.165, 1.54) is 4.90 Å². The van der Waals surface area contributed by atoms with Crippen LogP contribution in [0.15, 0.2) is 24.3 Å². The lowest BCUT2D eigenvalue weighted by molar-refractivity contribution is -0.132. The summed E-state index contributed by atoms with van der Waals surface area (Å²) >= 11 is 0. The molecule has 0 radical (unpaired) electrons. The van der Waals surface area contributed by atoms with Gasteiger partial charge in [0, 0.05) is 52.3 Å². The molecular formula is C19H27N3O4. The quantitative estimate of drug-likeness (QED) is 0.799. The first-order valence-electron chi connectivity index (χ1n) is 8.92. The summed E-state index contributed by atoms with van der Waals surface area (Å²) in [5, 5.41) is 0. The van der Waals surface area contributed by atoms with Crippen LogP contribution in [0.4, 0.5) is 4.79 Å². The Kier molecular flexibility index (Phi) is 7.00. The van der Waals surface area contributed by atoms with Crippen LogP contribution in [0.25, 0.3) is 0 Å². The molecule has 0 atom stereocenters. The van der Waals surface area contributed by atoms with Gasteiger partial charge < -0.3 is 19.4 Å². The molecule has 7 nitrogen and oxygen atoms in total. The average Bonchev–Trinajstić information content (AvgIpc) is 2.66. The topological polar surface area (TPSA) is 70.2 Å². The van der Waals surface area contributed by atoms with E-state index in [-0.39, 0.29) is 17.9 Å². The summed E-state index contributed by atoms with van der Waals surface area (Å²) in [5.74, 6) is 0.0500. The molecule has 0 unspecified atom stereocenters. The van der Waals surface area contributed by atoms with Crippen LogP contribution in [0.2, 0.25) is 0 Å². The number of nitrogens with zero attached hydrogens (tertiary/aromatic N) is 3. The summed E-state index contributed by atoms with van der Waals surface area (Å²) in [4.78, 5) is 40.9. The number of piperazine rings is 1. The number of rotatable bonds is 5. The van der Waals surface area contributed by atoms with Crippen LogP contribution in [0.5, 0.6) is 0 Å². The highest BCUT2D eigenvalue weighted by molar-refractivity contribution is 5.93. The van der Waals surface area contributed by atoms with Crippen LogP contribution < -0.4 is 0 Å². The Morgan fingerprint density at radius 3 is 2.12 bits per heavy atom. The molecule has 1 aliphatic rings. The van der Waals surface area contributed by atoms with E-state index in [2.05, 4.69) is 0 Å². The van der Waals surface area contributed by atoms with Crippen LogP contribution in [0.1, 0.15) is 29.3 Å². The van der Waals surface area contributed by atoms with Crippen LogP contribution >= 0.6 is 0 Å². The number of hydrogen-bond donors (Lipinski definition) is 0. The molecule has 3 amide bonds. The van der Waals surface area contributed by atoms with Gasteiger partial charge in [0.05, 0.1) is 6.61 Å². The number of hydrogen-bond acceptors (Lipinski definition) is 4. The van der Waals surface area contributed by atoms with Gasteiger partial charge in [0.15, 0.2) is 0 Å². The third-order valence-corrected chi connectivity index (χ3v) is 4.39. The highest BCUT2D eigenvalue weighted by Crippen LogP contribution is 2.11. The highest BCUT2D eigenvalue weighted by Gasteiger charge is 2.24. The zero-order valence-electron chi connectivity index (χ0n) is 15.7. The minimum atomic E-state index is -0.313. The molecule has 26 heavy (non-hydrogen) atoms. The Hall–Kier alpha value is -2.57. The van der Waals surface area contributed by atoms with Crippen molar-refractivity contribution in [1.29, 1.82) is 0 Å². The number of benzene rings is 1. The summed E-state index contributed by atoms with van der Waals surface area (Å²) in [6.07, 6.45) is 0.736. The van der Waals surface area contributed by atoms with Crippen molar-refractivity contribution in [3.63, 3.8) is 0 Å². The molecule has 0 aromatic heterocycles. The van der Waals surface area contributed by atoms with Gasteiger partial charge in [-0.2, -0.15) is 0 Å². The second-order valence-electron chi connectivity index (χ2n) is 6.46. The van der Waals surface area contributed by atoms with E-state index in [1.807, 2.05) is 12.1 Å². The van der Waals surface area contributed by atoms with Crippen molar-refractivity contribution in [1.82, 2.24) is 14.7 Å². The molecule has 1 aromatic carbocycles. The molecule has 2 rings (SSSR count). The van der Waals surface area contributed by atoms with E-state index in [0.29, 0.717) is 51.2 Å². The Bertz CT molecular complexity index is 635. The number of carbonyl (C=O) groups excluding carboxylic acids is 3. The van der Waals surface area contributed by atoms with Crippen molar-refractivity contribution in [3.8, 4) is 0 Å². The lowest BCUT2D eigenvalue weighted by Gasteiger charge is -2.34. The standard InChI is InChI=1S/C19H27N3O4/c1-4-26-19(25)22-13-11-21(12-14-22)17(23)10-7-15-5-8-16(9-6-15)18(24)20(2)3/h5-6,8-9H,4,7,10-14H2,1-3H3. The van der Waals surface area contributed by atoms with Gasteiger partial charge in [0.2, 0.25) is 5.91 Å². The fourth-order valence-electron chi connectivity index (χ4n) is 2.83. The van der Waals surface area contributed by atoms with Gasteiger partial charge in [0.1, 0.15) is 0 Å². The van der Waals surface area contributed by atoms with E-state index in [1.54, 1.807) is 43.0 Å². The molecule has 0 N–H and O–H groups in total. The zero-order chi connectivity index (χ0) is 19.1. The van der Waals surface area contributed by atoms with Gasteiger partial charge in [-0.15, -0.1) is 0 Å². The van der Waals surface area contributed by atoms with Gasteiger partial charge in [-0.25, -0.2) is 4.79 Å². The fraction of sp³-hybridized carbons (Fsp3) is 0.526. The van der Waals surface area contributed by atoms with E-state index in [0.717, 1.165) is 5.56 Å². The van der Waals surface area contributed by atoms with E-state index >= 15 is 0 Å². The van der Waals surface area contributed by atoms with Crippen molar-refractivity contribution in [2.45, 2.75) is 19.8 Å². The number of aryl methyl sites for hydroxylation is 1. The maximum atomic E-state index is 12.4. The summed E-state index contributed by atoms with van der Waals surface area (Å²) in [5.41, 5.74) is 1.67. The molecule has 0 spiro atoms. The van der Waals surface area contributed by atoms with Gasteiger partial charge >= 0.3 is 6.09 Å². The highest BCUT2D eigenvalue weighted by atomic mass is 16.6. The average molecular weight is 361 g/mol. The maximum Gasteiger partial charge on any atom is 0.409 e. The predicted octanol–water partition coefficient (Wildman–Crippen LogP) is 1.62. The molecule has 0 saturated carbocycles. The molecular weight excluding hydrogens is 334 g/mol. The van der Waals surface area contributed by atoms with Gasteiger partial charge in [-0.05, 0) is 31.0 Å². The number of ether oxygens (including phenoxy) is 1. The summed E-state index contributed by atoms with van der Waals surface area (Å²) < 4.78 is 4.98. The Balaban J connectivity index is 1.79. The summed E-state index contributed by atoms with van der Waals surface area (Å²) in [6, 6.07) is 7.37. The normalized spacial score (nSPS) is 14.1. The Labute approximate surface area is 154 Å². The number of amides is 3. The minimum Gasteiger partial charge on any atom is -0.450 e. The molecule has 1 aromatic rings. The van der Waals surface area contributed by atoms with Crippen molar-refractivity contribution in [2.75, 3.05) is 46.9 Å². The van der Waals surface area contributed by atoms with Gasteiger partial charge in [-0.3, -0.25) is 9.59 Å². The third-order valence-electron chi connectivity index (χ3n) is 4.39. The number of carbonyl (C=O) groups is 3. The lowest BCUT2D eigenvalue weighted by Crippen LogP contribution is -2.50. The van der Waals surface area contributed by atoms with Crippen molar-refractivity contribution in [2.24, 2.45) is 0 Å². The molecule has 142 valence electrons. The smallest absolute Gasteiger partial charge is 0.409 e. The monoisotopic (exact) mass is 361 g/mol. The van der Waals surface area contributed by atoms with Crippen LogP contribution in [0, 0.1) is 0 Å². The van der Waals surface area contributed by atoms with E-state index in [9.17, 15) is 14.4 Å². The van der Waals surface area contributed by atoms with Crippen LogP contribution in [-0.4, -0.2) is 79.5 Å². The van der Waals surface area contributed by atoms with E-state index < -0.39 is 0 Å². The fourth-order valence-corrected chi connectivity index (χ4v) is 2.83. The SMILES string of the molecule is CCOC(=O)N1CCN(C(=O)CCc2ccc(C(=O)N(C)C)cc2)CC1. The first-order chi connectivity index (χ1) is 12.4. The predicted molar refractivity (Wildman–Crippen MR) is 98.0 cm³/mol. The zero-order valence-corrected chi connectivity index (χ0v) is 15.7. The molecule has 7 heteroatoms. The summed E-state index contributed by atoms with van der Waals surface area (Å²) in [6.45, 7) is 4.22.